The van der Waals surface area contributed by atoms with Gasteiger partial charge in [0.2, 0.25) is 5.91 Å². The van der Waals surface area contributed by atoms with Crippen molar-refractivity contribution in [3.05, 3.63) is 35.4 Å². The lowest BCUT2D eigenvalue weighted by molar-refractivity contribution is -0.139. The van der Waals surface area contributed by atoms with E-state index in [0.717, 1.165) is 32.5 Å². The molecule has 1 aliphatic heterocycles. The van der Waals surface area contributed by atoms with Crippen molar-refractivity contribution in [2.24, 2.45) is 0 Å². The summed E-state index contributed by atoms with van der Waals surface area (Å²) in [6.45, 7) is 9.15. The molecule has 1 heterocycles. The number of carboxylic acids is 1. The van der Waals surface area contributed by atoms with E-state index in [0.29, 0.717) is 6.54 Å². The van der Waals surface area contributed by atoms with E-state index in [1.54, 1.807) is 0 Å². The van der Waals surface area contributed by atoms with Gasteiger partial charge in [0.25, 0.3) is 0 Å². The summed E-state index contributed by atoms with van der Waals surface area (Å²) in [6, 6.07) is 8.28. The molecule has 0 aliphatic carbocycles. The van der Waals surface area contributed by atoms with Crippen LogP contribution in [0.25, 0.3) is 0 Å². The fourth-order valence-corrected chi connectivity index (χ4v) is 3.91. The number of likely N-dealkylation sites (N-methyl/N-ethyl adjacent to an activating group) is 2. The first-order chi connectivity index (χ1) is 12.8. The lowest BCUT2D eigenvalue weighted by atomic mass is 10.0. The predicted octanol–water partition coefficient (Wildman–Crippen LogP) is 2.63. The highest BCUT2D eigenvalue weighted by Crippen LogP contribution is 2.19. The molecule has 1 N–H and O–H groups in total. The zero-order chi connectivity index (χ0) is 20.0. The maximum absolute atomic E-state index is 12.9. The van der Waals surface area contributed by atoms with E-state index in [-0.39, 0.29) is 36.9 Å². The molecule has 0 saturated carbocycles. The molecule has 2 rings (SSSR count). The standard InChI is InChI=1S/C21H33N3O3.ClH/c1-5-23(15-20(25)26)19-10-12-24(13-11-19)17(3)21(27)22(4)14-18-9-7-6-8-16(18)2;/h6-9,17,19H,5,10-15H2,1-4H3,(H,25,26);1H. The number of halogens is 1. The molecule has 0 bridgehead atoms. The number of rotatable bonds is 8. The SMILES string of the molecule is CCN(CC(=O)O)C1CCN(C(C)C(=O)N(C)Cc2ccccc2C)CC1.Cl. The number of carbonyl (C=O) groups excluding carboxylic acids is 1. The number of carbonyl (C=O) groups is 2. The summed E-state index contributed by atoms with van der Waals surface area (Å²) in [7, 11) is 1.86. The Labute approximate surface area is 174 Å². The van der Waals surface area contributed by atoms with Gasteiger partial charge in [0.05, 0.1) is 12.6 Å². The largest absolute Gasteiger partial charge is 0.480 e. The van der Waals surface area contributed by atoms with Crippen molar-refractivity contribution in [2.45, 2.75) is 52.2 Å². The van der Waals surface area contributed by atoms with Crippen molar-refractivity contribution in [1.82, 2.24) is 14.7 Å². The van der Waals surface area contributed by atoms with E-state index in [9.17, 15) is 9.59 Å². The summed E-state index contributed by atoms with van der Waals surface area (Å²) in [5.41, 5.74) is 2.37. The van der Waals surface area contributed by atoms with Crippen LogP contribution in [0.2, 0.25) is 0 Å². The molecule has 0 aromatic heterocycles. The number of hydrogen-bond donors (Lipinski definition) is 1. The molecule has 1 aromatic rings. The lowest BCUT2D eigenvalue weighted by Crippen LogP contribution is -2.52. The summed E-state index contributed by atoms with van der Waals surface area (Å²) in [5, 5.41) is 9.06. The molecule has 1 amide bonds. The molecule has 28 heavy (non-hydrogen) atoms. The van der Waals surface area contributed by atoms with Gasteiger partial charge in [0, 0.05) is 32.7 Å². The Bertz CT molecular complexity index is 648. The Hall–Kier alpha value is -1.63. The van der Waals surface area contributed by atoms with E-state index in [2.05, 4.69) is 24.0 Å². The molecule has 0 spiro atoms. The number of carboxylic acid groups (broad SMARTS) is 1. The molecule has 1 aromatic carbocycles. The van der Waals surface area contributed by atoms with Crippen molar-refractivity contribution in [2.75, 3.05) is 33.2 Å². The molecular weight excluding hydrogens is 378 g/mol. The first-order valence-corrected chi connectivity index (χ1v) is 9.82. The highest BCUT2D eigenvalue weighted by molar-refractivity contribution is 5.85. The summed E-state index contributed by atoms with van der Waals surface area (Å²) in [5.74, 6) is -0.643. The van der Waals surface area contributed by atoms with E-state index in [1.807, 2.05) is 42.8 Å². The van der Waals surface area contributed by atoms with Crippen LogP contribution in [0.4, 0.5) is 0 Å². The fourth-order valence-electron chi connectivity index (χ4n) is 3.91. The zero-order valence-electron chi connectivity index (χ0n) is 17.4. The van der Waals surface area contributed by atoms with Crippen LogP contribution in [0.5, 0.6) is 0 Å². The van der Waals surface area contributed by atoms with Crippen molar-refractivity contribution in [3.63, 3.8) is 0 Å². The average Bonchev–Trinajstić information content (AvgIpc) is 2.66. The van der Waals surface area contributed by atoms with Crippen LogP contribution in [0.15, 0.2) is 24.3 Å². The highest BCUT2D eigenvalue weighted by atomic mass is 35.5. The van der Waals surface area contributed by atoms with Gasteiger partial charge in [0.1, 0.15) is 0 Å². The third kappa shape index (κ3) is 6.47. The van der Waals surface area contributed by atoms with Crippen LogP contribution in [0.1, 0.15) is 37.8 Å². The first kappa shape index (κ1) is 24.4. The minimum Gasteiger partial charge on any atom is -0.480 e. The van der Waals surface area contributed by atoms with Crippen LogP contribution in [-0.4, -0.2) is 77.0 Å². The van der Waals surface area contributed by atoms with Gasteiger partial charge in [-0.15, -0.1) is 12.4 Å². The molecule has 6 nitrogen and oxygen atoms in total. The number of piperidine rings is 1. The first-order valence-electron chi connectivity index (χ1n) is 9.82. The van der Waals surface area contributed by atoms with Gasteiger partial charge >= 0.3 is 5.97 Å². The van der Waals surface area contributed by atoms with Crippen LogP contribution in [-0.2, 0) is 16.1 Å². The Morgan fingerprint density at radius 1 is 1.25 bits per heavy atom. The monoisotopic (exact) mass is 411 g/mol. The van der Waals surface area contributed by atoms with Gasteiger partial charge < -0.3 is 10.0 Å². The van der Waals surface area contributed by atoms with E-state index >= 15 is 0 Å². The van der Waals surface area contributed by atoms with Crippen molar-refractivity contribution < 1.29 is 14.7 Å². The second kappa shape index (κ2) is 11.4. The van der Waals surface area contributed by atoms with Crippen LogP contribution >= 0.6 is 12.4 Å². The molecule has 1 saturated heterocycles. The van der Waals surface area contributed by atoms with Gasteiger partial charge in [-0.1, -0.05) is 31.2 Å². The third-order valence-corrected chi connectivity index (χ3v) is 5.71. The van der Waals surface area contributed by atoms with Gasteiger partial charge in [-0.25, -0.2) is 0 Å². The van der Waals surface area contributed by atoms with Crippen molar-refractivity contribution >= 4 is 24.3 Å². The molecule has 1 unspecified atom stereocenters. The van der Waals surface area contributed by atoms with Crippen molar-refractivity contribution in [1.29, 1.82) is 0 Å². The summed E-state index contributed by atoms with van der Waals surface area (Å²) >= 11 is 0. The Morgan fingerprint density at radius 2 is 1.86 bits per heavy atom. The number of likely N-dealkylation sites (tertiary alicyclic amines) is 1. The van der Waals surface area contributed by atoms with Gasteiger partial charge in [-0.3, -0.25) is 19.4 Å². The number of aliphatic carboxylic acids is 1. The Balaban J connectivity index is 0.00000392. The number of aryl methyl sites for hydroxylation is 1. The molecular formula is C21H34ClN3O3. The Kier molecular flexibility index (Phi) is 9.93. The molecule has 158 valence electrons. The van der Waals surface area contributed by atoms with Crippen LogP contribution < -0.4 is 0 Å². The molecule has 1 atom stereocenters. The summed E-state index contributed by atoms with van der Waals surface area (Å²) in [4.78, 5) is 29.9. The maximum atomic E-state index is 12.9. The van der Waals surface area contributed by atoms with Gasteiger partial charge in [0.15, 0.2) is 0 Å². The van der Waals surface area contributed by atoms with E-state index < -0.39 is 5.97 Å². The topological polar surface area (TPSA) is 64.1 Å². The third-order valence-electron chi connectivity index (χ3n) is 5.71. The summed E-state index contributed by atoms with van der Waals surface area (Å²) < 4.78 is 0. The van der Waals surface area contributed by atoms with E-state index in [4.69, 9.17) is 5.11 Å². The minimum atomic E-state index is -0.777. The lowest BCUT2D eigenvalue weighted by Gasteiger charge is -2.40. The molecule has 0 radical (unpaired) electrons. The zero-order valence-corrected chi connectivity index (χ0v) is 18.2. The van der Waals surface area contributed by atoms with Gasteiger partial charge in [-0.2, -0.15) is 0 Å². The minimum absolute atomic E-state index is 0. The number of nitrogens with zero attached hydrogens (tertiary/aromatic N) is 3. The second-order valence-corrected chi connectivity index (χ2v) is 7.52. The molecule has 7 heteroatoms. The fraction of sp³-hybridized carbons (Fsp3) is 0.619. The normalized spacial score (nSPS) is 16.5. The van der Waals surface area contributed by atoms with Crippen molar-refractivity contribution in [3.8, 4) is 0 Å². The molecule has 1 fully saturated rings. The molecule has 1 aliphatic rings. The quantitative estimate of drug-likeness (QED) is 0.712. The van der Waals surface area contributed by atoms with Crippen LogP contribution in [0.3, 0.4) is 0 Å². The second-order valence-electron chi connectivity index (χ2n) is 7.52. The van der Waals surface area contributed by atoms with Crippen LogP contribution in [0, 0.1) is 6.92 Å². The van der Waals surface area contributed by atoms with E-state index in [1.165, 1.54) is 11.1 Å². The smallest absolute Gasteiger partial charge is 0.317 e. The Morgan fingerprint density at radius 3 is 2.39 bits per heavy atom. The number of amides is 1. The average molecular weight is 412 g/mol. The number of benzene rings is 1. The summed E-state index contributed by atoms with van der Waals surface area (Å²) in [6.07, 6.45) is 1.81. The predicted molar refractivity (Wildman–Crippen MR) is 114 cm³/mol. The number of hydrogen-bond acceptors (Lipinski definition) is 4. The highest BCUT2D eigenvalue weighted by Gasteiger charge is 2.30. The van der Waals surface area contributed by atoms with Gasteiger partial charge in [-0.05, 0) is 44.4 Å². The maximum Gasteiger partial charge on any atom is 0.317 e.